The lowest BCUT2D eigenvalue weighted by molar-refractivity contribution is -0.144. The quantitative estimate of drug-likeness (QED) is 0.711. The number of hydrogen-bond acceptors (Lipinski definition) is 5. The first kappa shape index (κ1) is 20.6. The van der Waals surface area contributed by atoms with Crippen LogP contribution in [0.3, 0.4) is 0 Å². The van der Waals surface area contributed by atoms with E-state index >= 15 is 0 Å². The summed E-state index contributed by atoms with van der Waals surface area (Å²) in [4.78, 5) is 36.7. The van der Waals surface area contributed by atoms with E-state index in [1.165, 1.54) is 0 Å². The zero-order chi connectivity index (χ0) is 21.7. The van der Waals surface area contributed by atoms with Gasteiger partial charge in [0.1, 0.15) is 17.2 Å². The van der Waals surface area contributed by atoms with Crippen molar-refractivity contribution in [2.45, 2.75) is 96.4 Å². The molecule has 0 bridgehead atoms. The van der Waals surface area contributed by atoms with Crippen LogP contribution in [0.15, 0.2) is 11.6 Å². The molecule has 1 N–H and O–H groups in total. The van der Waals surface area contributed by atoms with Gasteiger partial charge in [-0.3, -0.25) is 9.59 Å². The van der Waals surface area contributed by atoms with Crippen LogP contribution in [0.1, 0.15) is 79.1 Å². The van der Waals surface area contributed by atoms with Gasteiger partial charge < -0.3 is 14.6 Å². The summed E-state index contributed by atoms with van der Waals surface area (Å²) >= 11 is 0. The Bertz CT molecular complexity index is 875. The Hall–Kier alpha value is -1.33. The molecule has 30 heavy (non-hydrogen) atoms. The van der Waals surface area contributed by atoms with Crippen LogP contribution in [0.25, 0.3) is 0 Å². The van der Waals surface area contributed by atoms with Crippen LogP contribution in [-0.4, -0.2) is 39.8 Å². The topological polar surface area (TPSA) is 84.0 Å². The average Bonchev–Trinajstić information content (AvgIpc) is 3.32. The third-order valence-corrected chi connectivity index (χ3v) is 10.1. The van der Waals surface area contributed by atoms with E-state index in [0.717, 1.165) is 24.8 Å². The number of carbonyl (C=O) groups is 3. The molecular weight excluding hydrogens is 380 g/mol. The van der Waals surface area contributed by atoms with E-state index in [9.17, 15) is 19.5 Å². The number of hydrogen-bond donors (Lipinski definition) is 1. The van der Waals surface area contributed by atoms with Crippen molar-refractivity contribution in [2.24, 2.45) is 28.6 Å². The molecule has 5 aliphatic rings. The molecule has 0 aromatic carbocycles. The predicted molar refractivity (Wildman–Crippen MR) is 111 cm³/mol. The van der Waals surface area contributed by atoms with Crippen LogP contribution in [0.2, 0.25) is 0 Å². The molecule has 1 saturated heterocycles. The molecule has 4 aliphatic carbocycles. The number of aliphatic hydroxyl groups is 1. The number of carbonyl (C=O) groups excluding carboxylic acids is 3. The molecule has 3 saturated carbocycles. The van der Waals surface area contributed by atoms with Crippen molar-refractivity contribution in [3.63, 3.8) is 0 Å². The van der Waals surface area contributed by atoms with E-state index in [1.54, 1.807) is 19.9 Å². The Morgan fingerprint density at radius 1 is 1.23 bits per heavy atom. The van der Waals surface area contributed by atoms with Crippen LogP contribution in [0.4, 0.5) is 0 Å². The highest BCUT2D eigenvalue weighted by atomic mass is 16.6. The third-order valence-electron chi connectivity index (χ3n) is 10.1. The molecule has 0 aromatic heterocycles. The van der Waals surface area contributed by atoms with Crippen LogP contribution in [0.5, 0.6) is 0 Å². The van der Waals surface area contributed by atoms with Gasteiger partial charge in [-0.25, -0.2) is 0 Å². The molecule has 0 unspecified atom stereocenters. The van der Waals surface area contributed by atoms with Crippen molar-refractivity contribution in [3.8, 4) is 0 Å². The highest BCUT2D eigenvalue weighted by Gasteiger charge is 2.82. The second kappa shape index (κ2) is 6.13. The van der Waals surface area contributed by atoms with Crippen LogP contribution in [0, 0.1) is 28.6 Å². The third kappa shape index (κ3) is 2.34. The molecule has 1 aliphatic heterocycles. The normalized spacial score (nSPS) is 51.2. The van der Waals surface area contributed by atoms with Crippen molar-refractivity contribution in [1.29, 1.82) is 0 Å². The van der Waals surface area contributed by atoms with Gasteiger partial charge in [-0.1, -0.05) is 19.4 Å². The maximum atomic E-state index is 12.9. The molecule has 0 amide bonds. The van der Waals surface area contributed by atoms with Crippen molar-refractivity contribution >= 4 is 17.3 Å². The first-order valence-electron chi connectivity index (χ1n) is 11.6. The highest BCUT2D eigenvalue weighted by Crippen LogP contribution is 2.77. The summed E-state index contributed by atoms with van der Waals surface area (Å²) in [6.45, 7) is 7.67. The number of ketones is 3. The van der Waals surface area contributed by atoms with Gasteiger partial charge in [0.25, 0.3) is 0 Å². The van der Waals surface area contributed by atoms with E-state index in [0.29, 0.717) is 32.1 Å². The molecule has 1 heterocycles. The van der Waals surface area contributed by atoms with Gasteiger partial charge in [0, 0.05) is 35.5 Å². The highest BCUT2D eigenvalue weighted by molar-refractivity contribution is 5.92. The zero-order valence-electron chi connectivity index (χ0n) is 18.6. The maximum Gasteiger partial charge on any atom is 0.155 e. The van der Waals surface area contributed by atoms with Gasteiger partial charge in [-0.2, -0.15) is 0 Å². The van der Waals surface area contributed by atoms with E-state index in [2.05, 4.69) is 13.8 Å². The first-order valence-corrected chi connectivity index (χ1v) is 11.6. The second-order valence-electron chi connectivity index (χ2n) is 11.3. The first-order chi connectivity index (χ1) is 14.0. The minimum Gasteiger partial charge on any atom is -0.389 e. The number of ether oxygens (including phenoxy) is 1. The minimum absolute atomic E-state index is 0.00875. The fraction of sp³-hybridized carbons (Fsp3) is 0.800. The van der Waals surface area contributed by atoms with Gasteiger partial charge in [0.15, 0.2) is 5.78 Å². The summed E-state index contributed by atoms with van der Waals surface area (Å²) in [6, 6.07) is 0. The fourth-order valence-electron chi connectivity index (χ4n) is 8.31. The molecule has 164 valence electrons. The summed E-state index contributed by atoms with van der Waals surface area (Å²) in [5.74, 6) is 0.533. The van der Waals surface area contributed by atoms with Crippen molar-refractivity contribution < 1.29 is 24.2 Å². The van der Waals surface area contributed by atoms with Crippen molar-refractivity contribution in [1.82, 2.24) is 0 Å². The fourth-order valence-corrected chi connectivity index (χ4v) is 8.31. The Balaban J connectivity index is 1.59. The van der Waals surface area contributed by atoms with Gasteiger partial charge in [0.2, 0.25) is 0 Å². The molecule has 4 fully saturated rings. The maximum absolute atomic E-state index is 12.9. The molecule has 0 radical (unpaired) electrons. The summed E-state index contributed by atoms with van der Waals surface area (Å²) in [5, 5.41) is 11.7. The Kier molecular flexibility index (Phi) is 4.20. The Labute approximate surface area is 178 Å². The smallest absolute Gasteiger partial charge is 0.155 e. The van der Waals surface area contributed by atoms with Crippen molar-refractivity contribution in [3.05, 3.63) is 11.6 Å². The molecule has 0 aromatic rings. The summed E-state index contributed by atoms with van der Waals surface area (Å²) in [5.41, 5.74) is -0.727. The minimum atomic E-state index is -0.887. The molecule has 5 heteroatoms. The van der Waals surface area contributed by atoms with E-state index in [1.807, 2.05) is 0 Å². The standard InChI is InChI=1S/C25H34O5/c1-14(26)5-9-24(29)10-7-19-21-18(15(2)27)12-16-11-17(28)6-8-22(16,3)25(21)20(30-25)13-23(19,24)4/h11,18-21,29H,5-10,12-13H2,1-4H3/t18-,19-,20+,21-,22-,23-,24-,25+/m0/s1. The molecule has 5 rings (SSSR count). The largest absolute Gasteiger partial charge is 0.389 e. The monoisotopic (exact) mass is 414 g/mol. The van der Waals surface area contributed by atoms with Gasteiger partial charge >= 0.3 is 0 Å². The lowest BCUT2D eigenvalue weighted by Crippen LogP contribution is -2.63. The van der Waals surface area contributed by atoms with E-state index < -0.39 is 5.60 Å². The van der Waals surface area contributed by atoms with E-state index in [-0.39, 0.29) is 57.6 Å². The predicted octanol–water partition coefficient (Wildman–Crippen LogP) is 3.57. The van der Waals surface area contributed by atoms with Gasteiger partial charge in [0.05, 0.1) is 11.7 Å². The number of fused-ring (bicyclic) bond motifs is 3. The number of rotatable bonds is 4. The van der Waals surface area contributed by atoms with Crippen LogP contribution >= 0.6 is 0 Å². The van der Waals surface area contributed by atoms with E-state index in [4.69, 9.17) is 4.74 Å². The lowest BCUT2D eigenvalue weighted by atomic mass is 9.43. The zero-order valence-corrected chi connectivity index (χ0v) is 18.6. The molecule has 8 atom stereocenters. The number of Topliss-reactive ketones (excluding diaryl/α,β-unsaturated/α-hetero) is 2. The Morgan fingerprint density at radius 3 is 2.63 bits per heavy atom. The number of epoxide rings is 1. The van der Waals surface area contributed by atoms with Crippen LogP contribution in [-0.2, 0) is 19.1 Å². The summed E-state index contributed by atoms with van der Waals surface area (Å²) < 4.78 is 6.60. The molecule has 1 spiro atoms. The summed E-state index contributed by atoms with van der Waals surface area (Å²) in [7, 11) is 0. The Morgan fingerprint density at radius 2 is 1.97 bits per heavy atom. The van der Waals surface area contributed by atoms with Gasteiger partial charge in [-0.15, -0.1) is 0 Å². The lowest BCUT2D eigenvalue weighted by Gasteiger charge is -2.59. The van der Waals surface area contributed by atoms with Crippen LogP contribution < -0.4 is 0 Å². The second-order valence-corrected chi connectivity index (χ2v) is 11.3. The molecular formula is C25H34O5. The van der Waals surface area contributed by atoms with Gasteiger partial charge in [-0.05, 0) is 64.4 Å². The SMILES string of the molecule is CC(=O)CC[C@]1(O)CC[C@H]2[C@@H]3[C@H](C(C)=O)CC4=CC(=O)CC[C@]4(C)[C@]34O[C@@H]4C[C@@]21C. The van der Waals surface area contributed by atoms with Crippen molar-refractivity contribution in [2.75, 3.05) is 0 Å². The summed E-state index contributed by atoms with van der Waals surface area (Å²) in [6.07, 6.45) is 6.97. The average molecular weight is 415 g/mol. The molecule has 5 nitrogen and oxygen atoms in total.